The van der Waals surface area contributed by atoms with Crippen molar-refractivity contribution in [2.24, 2.45) is 10.9 Å². The Morgan fingerprint density at radius 2 is 1.76 bits per heavy atom. The molecule has 0 spiro atoms. The van der Waals surface area contributed by atoms with E-state index in [9.17, 15) is 4.39 Å². The molecule has 0 bridgehead atoms. The van der Waals surface area contributed by atoms with Crippen LogP contribution in [0.4, 0.5) is 4.39 Å². The summed E-state index contributed by atoms with van der Waals surface area (Å²) in [7, 11) is 1.84. The van der Waals surface area contributed by atoms with E-state index < -0.39 is 0 Å². The van der Waals surface area contributed by atoms with E-state index >= 15 is 0 Å². The van der Waals surface area contributed by atoms with E-state index in [-0.39, 0.29) is 29.8 Å². The van der Waals surface area contributed by atoms with Crippen LogP contribution < -0.4 is 10.6 Å². The van der Waals surface area contributed by atoms with Crippen LogP contribution in [-0.4, -0.2) is 68.6 Å². The van der Waals surface area contributed by atoms with Gasteiger partial charge in [0.25, 0.3) is 0 Å². The molecule has 0 aliphatic carbocycles. The molecule has 0 radical (unpaired) electrons. The normalized spacial score (nSPS) is 19.6. The fourth-order valence-corrected chi connectivity index (χ4v) is 4.19. The van der Waals surface area contributed by atoms with Gasteiger partial charge in [-0.05, 0) is 63.8 Å². The Bertz CT molecular complexity index is 613. The molecule has 0 atom stereocenters. The maximum absolute atomic E-state index is 13.8. The quantitative estimate of drug-likeness (QED) is 0.331. The molecule has 2 fully saturated rings. The van der Waals surface area contributed by atoms with Gasteiger partial charge in [-0.3, -0.25) is 9.89 Å². The van der Waals surface area contributed by atoms with Gasteiger partial charge >= 0.3 is 0 Å². The number of benzene rings is 1. The first-order valence-electron chi connectivity index (χ1n) is 10.9. The van der Waals surface area contributed by atoms with Gasteiger partial charge in [-0.2, -0.15) is 0 Å². The second kappa shape index (κ2) is 13.4. The van der Waals surface area contributed by atoms with Gasteiger partial charge in [-0.15, -0.1) is 24.0 Å². The third-order valence-corrected chi connectivity index (χ3v) is 6.01. The Labute approximate surface area is 192 Å². The Morgan fingerprint density at radius 1 is 1.03 bits per heavy atom. The van der Waals surface area contributed by atoms with Gasteiger partial charge in [-0.1, -0.05) is 24.6 Å². The van der Waals surface area contributed by atoms with Gasteiger partial charge < -0.3 is 15.5 Å². The lowest BCUT2D eigenvalue weighted by molar-refractivity contribution is 0.176. The number of nitrogens with one attached hydrogen (secondary N) is 2. The Morgan fingerprint density at radius 3 is 2.45 bits per heavy atom. The van der Waals surface area contributed by atoms with E-state index in [0.717, 1.165) is 57.1 Å². The highest BCUT2D eigenvalue weighted by Crippen LogP contribution is 2.19. The van der Waals surface area contributed by atoms with Crippen LogP contribution in [0.3, 0.4) is 0 Å². The Hall–Kier alpha value is -0.930. The molecule has 164 valence electrons. The summed E-state index contributed by atoms with van der Waals surface area (Å²) in [6.07, 6.45) is 6.34. The Kier molecular flexibility index (Phi) is 11.2. The third-order valence-electron chi connectivity index (χ3n) is 6.01. The summed E-state index contributed by atoms with van der Waals surface area (Å²) in [5.74, 6) is 1.47. The molecule has 1 aromatic rings. The molecule has 2 heterocycles. The van der Waals surface area contributed by atoms with Crippen LogP contribution in [0.25, 0.3) is 0 Å². The maximum Gasteiger partial charge on any atom is 0.191 e. The summed E-state index contributed by atoms with van der Waals surface area (Å²) in [6.45, 7) is 8.24. The molecule has 0 aromatic heterocycles. The number of hydrogen-bond donors (Lipinski definition) is 2. The van der Waals surface area contributed by atoms with E-state index in [0.29, 0.717) is 12.5 Å². The second-order valence-corrected chi connectivity index (χ2v) is 8.09. The van der Waals surface area contributed by atoms with Crippen molar-refractivity contribution >= 4 is 29.9 Å². The van der Waals surface area contributed by atoms with Crippen LogP contribution in [0.2, 0.25) is 0 Å². The summed E-state index contributed by atoms with van der Waals surface area (Å²) in [4.78, 5) is 9.26. The zero-order valence-electron chi connectivity index (χ0n) is 17.7. The zero-order chi connectivity index (χ0) is 19.6. The molecule has 0 saturated carbocycles. The third kappa shape index (κ3) is 8.38. The number of guanidine groups is 1. The van der Waals surface area contributed by atoms with E-state index in [1.165, 1.54) is 32.4 Å². The standard InChI is InChI=1S/C22H36FN5.HI/c1-24-22(25-11-16-27-12-5-2-6-13-27)26-17-19-9-14-28(15-10-19)18-20-7-3-4-8-21(20)23;/h3-4,7-8,19H,2,5-6,9-18H2,1H3,(H2,24,25,26);1H. The molecule has 29 heavy (non-hydrogen) atoms. The van der Waals surface area contributed by atoms with Crippen molar-refractivity contribution in [1.82, 2.24) is 20.4 Å². The van der Waals surface area contributed by atoms with E-state index in [2.05, 4.69) is 25.4 Å². The van der Waals surface area contributed by atoms with E-state index in [1.54, 1.807) is 12.1 Å². The minimum Gasteiger partial charge on any atom is -0.356 e. The van der Waals surface area contributed by atoms with E-state index in [4.69, 9.17) is 0 Å². The van der Waals surface area contributed by atoms with Gasteiger partial charge in [0.15, 0.2) is 5.96 Å². The van der Waals surface area contributed by atoms with Crippen molar-refractivity contribution in [3.8, 4) is 0 Å². The minimum atomic E-state index is -0.0919. The summed E-state index contributed by atoms with van der Waals surface area (Å²) in [6, 6.07) is 7.11. The lowest BCUT2D eigenvalue weighted by atomic mass is 9.96. The molecule has 2 N–H and O–H groups in total. The predicted octanol–water partition coefficient (Wildman–Crippen LogP) is 3.31. The number of halogens is 2. The molecule has 0 unspecified atom stereocenters. The first kappa shape index (κ1) is 24.3. The summed E-state index contributed by atoms with van der Waals surface area (Å²) in [5, 5.41) is 6.94. The van der Waals surface area contributed by atoms with Crippen LogP contribution in [0.15, 0.2) is 29.3 Å². The smallest absolute Gasteiger partial charge is 0.191 e. The lowest BCUT2D eigenvalue weighted by Crippen LogP contribution is -2.45. The lowest BCUT2D eigenvalue weighted by Gasteiger charge is -2.32. The highest BCUT2D eigenvalue weighted by Gasteiger charge is 2.20. The van der Waals surface area contributed by atoms with Gasteiger partial charge in [0.05, 0.1) is 0 Å². The largest absolute Gasteiger partial charge is 0.356 e. The molecule has 2 aliphatic heterocycles. The van der Waals surface area contributed by atoms with Crippen LogP contribution in [-0.2, 0) is 6.54 Å². The molecule has 2 saturated heterocycles. The van der Waals surface area contributed by atoms with Crippen molar-refractivity contribution in [2.45, 2.75) is 38.6 Å². The fourth-order valence-electron chi connectivity index (χ4n) is 4.19. The molecular weight excluding hydrogens is 480 g/mol. The maximum atomic E-state index is 13.8. The first-order valence-corrected chi connectivity index (χ1v) is 10.9. The predicted molar refractivity (Wildman–Crippen MR) is 129 cm³/mol. The summed E-state index contributed by atoms with van der Waals surface area (Å²) in [5.41, 5.74) is 0.803. The van der Waals surface area contributed by atoms with Crippen LogP contribution in [0.1, 0.15) is 37.7 Å². The zero-order valence-corrected chi connectivity index (χ0v) is 20.0. The van der Waals surface area contributed by atoms with Gasteiger partial charge in [0.1, 0.15) is 5.82 Å². The first-order chi connectivity index (χ1) is 13.7. The number of aliphatic imine (C=N–C) groups is 1. The molecule has 3 rings (SSSR count). The topological polar surface area (TPSA) is 42.9 Å². The number of piperidine rings is 2. The fraction of sp³-hybridized carbons (Fsp3) is 0.682. The van der Waals surface area contributed by atoms with Crippen molar-refractivity contribution < 1.29 is 4.39 Å². The van der Waals surface area contributed by atoms with Gasteiger partial charge in [-0.25, -0.2) is 4.39 Å². The molecular formula is C22H37FIN5. The van der Waals surface area contributed by atoms with Crippen molar-refractivity contribution in [2.75, 3.05) is 52.9 Å². The summed E-state index contributed by atoms with van der Waals surface area (Å²) >= 11 is 0. The van der Waals surface area contributed by atoms with Crippen LogP contribution in [0.5, 0.6) is 0 Å². The van der Waals surface area contributed by atoms with Crippen molar-refractivity contribution in [1.29, 1.82) is 0 Å². The van der Waals surface area contributed by atoms with Crippen molar-refractivity contribution in [3.05, 3.63) is 35.6 Å². The monoisotopic (exact) mass is 517 g/mol. The molecule has 2 aliphatic rings. The SMILES string of the molecule is CN=C(NCCN1CCCCC1)NCC1CCN(Cc2ccccc2F)CC1.I. The Balaban J connectivity index is 0.00000300. The van der Waals surface area contributed by atoms with Gasteiger partial charge in [0.2, 0.25) is 0 Å². The number of nitrogens with zero attached hydrogens (tertiary/aromatic N) is 3. The molecule has 0 amide bonds. The average Bonchev–Trinajstić information content (AvgIpc) is 2.74. The highest BCUT2D eigenvalue weighted by molar-refractivity contribution is 14.0. The molecule has 7 heteroatoms. The van der Waals surface area contributed by atoms with Gasteiger partial charge in [0, 0.05) is 38.8 Å². The number of likely N-dealkylation sites (tertiary alicyclic amines) is 2. The average molecular weight is 517 g/mol. The number of rotatable bonds is 7. The highest BCUT2D eigenvalue weighted by atomic mass is 127. The molecule has 1 aromatic carbocycles. The van der Waals surface area contributed by atoms with Crippen LogP contribution in [0, 0.1) is 11.7 Å². The second-order valence-electron chi connectivity index (χ2n) is 8.09. The number of hydrogen-bond acceptors (Lipinski definition) is 3. The minimum absolute atomic E-state index is 0. The summed E-state index contributed by atoms with van der Waals surface area (Å²) < 4.78 is 13.8. The molecule has 5 nitrogen and oxygen atoms in total. The van der Waals surface area contributed by atoms with Crippen molar-refractivity contribution in [3.63, 3.8) is 0 Å². The van der Waals surface area contributed by atoms with E-state index in [1.807, 2.05) is 19.2 Å². The van der Waals surface area contributed by atoms with Crippen LogP contribution >= 0.6 is 24.0 Å².